The highest BCUT2D eigenvalue weighted by Gasteiger charge is 2.70. The maximum absolute atomic E-state index is 13.8. The molecule has 4 N–H and O–H groups in total. The largest absolute Gasteiger partial charge is 0.493 e. The zero-order valence-corrected chi connectivity index (χ0v) is 20.1. The molecule has 0 aliphatic carbocycles. The van der Waals surface area contributed by atoms with E-state index >= 15 is 0 Å². The van der Waals surface area contributed by atoms with Crippen LogP contribution in [-0.4, -0.2) is 55.3 Å². The lowest BCUT2D eigenvalue weighted by atomic mass is 9.76. The van der Waals surface area contributed by atoms with E-state index in [1.807, 2.05) is 12.1 Å². The van der Waals surface area contributed by atoms with Gasteiger partial charge in [-0.3, -0.25) is 29.4 Å². The number of imide groups is 1. The molecule has 3 aliphatic rings. The number of methoxy groups -OCH3 is 2. The van der Waals surface area contributed by atoms with Gasteiger partial charge in [0.1, 0.15) is 5.54 Å². The Labute approximate surface area is 208 Å². The summed E-state index contributed by atoms with van der Waals surface area (Å²) in [5.74, 6) is -2.18. The van der Waals surface area contributed by atoms with Crippen LogP contribution >= 0.6 is 0 Å². The normalized spacial score (nSPS) is 26.2. The minimum atomic E-state index is -1.38. The van der Waals surface area contributed by atoms with Crippen LogP contribution in [0.2, 0.25) is 0 Å². The summed E-state index contributed by atoms with van der Waals surface area (Å²) >= 11 is 0. The molecular formula is C26H28N4O6. The second kappa shape index (κ2) is 8.94. The van der Waals surface area contributed by atoms with Gasteiger partial charge in [0, 0.05) is 30.3 Å². The van der Waals surface area contributed by atoms with E-state index in [4.69, 9.17) is 15.2 Å². The summed E-state index contributed by atoms with van der Waals surface area (Å²) in [5.41, 5.74) is 6.10. The van der Waals surface area contributed by atoms with E-state index in [-0.39, 0.29) is 31.2 Å². The van der Waals surface area contributed by atoms with E-state index in [0.717, 1.165) is 5.56 Å². The molecule has 3 heterocycles. The van der Waals surface area contributed by atoms with Crippen LogP contribution in [0.25, 0.3) is 0 Å². The molecular weight excluding hydrogens is 464 g/mol. The topological polar surface area (TPSA) is 140 Å². The Kier molecular flexibility index (Phi) is 5.91. The minimum absolute atomic E-state index is 0.0351. The first-order chi connectivity index (χ1) is 17.3. The molecule has 36 heavy (non-hydrogen) atoms. The number of anilines is 1. The molecule has 2 saturated heterocycles. The molecule has 3 aliphatic heterocycles. The summed E-state index contributed by atoms with van der Waals surface area (Å²) in [5, 5.41) is 6.15. The summed E-state index contributed by atoms with van der Waals surface area (Å²) in [6.07, 6.45) is 0.690. The van der Waals surface area contributed by atoms with E-state index in [9.17, 15) is 19.2 Å². The number of hydrogen-bond donors (Lipinski definition) is 3. The smallest absolute Gasteiger partial charge is 0.250 e. The number of hydrogen-bond acceptors (Lipinski definition) is 7. The Morgan fingerprint density at radius 1 is 1.06 bits per heavy atom. The van der Waals surface area contributed by atoms with E-state index in [1.54, 1.807) is 44.6 Å². The molecule has 10 nitrogen and oxygen atoms in total. The van der Waals surface area contributed by atoms with E-state index < -0.39 is 35.2 Å². The number of nitrogens with one attached hydrogen (secondary N) is 2. The lowest BCUT2D eigenvalue weighted by Crippen LogP contribution is -2.53. The van der Waals surface area contributed by atoms with Crippen molar-refractivity contribution in [3.05, 3.63) is 53.6 Å². The van der Waals surface area contributed by atoms with Gasteiger partial charge < -0.3 is 20.5 Å². The summed E-state index contributed by atoms with van der Waals surface area (Å²) in [4.78, 5) is 53.6. The average molecular weight is 493 g/mol. The van der Waals surface area contributed by atoms with Crippen LogP contribution in [0.1, 0.15) is 24.0 Å². The highest BCUT2D eigenvalue weighted by molar-refractivity contribution is 6.15. The third-order valence-electron chi connectivity index (χ3n) is 7.49. The Hall–Kier alpha value is -3.92. The molecule has 4 atom stereocenters. The summed E-state index contributed by atoms with van der Waals surface area (Å²) in [6.45, 7) is 0.155. The number of nitrogens with two attached hydrogens (primary N) is 1. The predicted octanol–water partition coefficient (Wildman–Crippen LogP) is 0.932. The zero-order chi connectivity index (χ0) is 25.6. The molecule has 0 radical (unpaired) electrons. The third-order valence-corrected chi connectivity index (χ3v) is 7.49. The van der Waals surface area contributed by atoms with Crippen molar-refractivity contribution in [1.82, 2.24) is 10.2 Å². The third kappa shape index (κ3) is 3.51. The van der Waals surface area contributed by atoms with Crippen molar-refractivity contribution in [1.29, 1.82) is 0 Å². The minimum Gasteiger partial charge on any atom is -0.493 e. The van der Waals surface area contributed by atoms with Crippen molar-refractivity contribution in [2.75, 3.05) is 26.1 Å². The number of para-hydroxylation sites is 1. The van der Waals surface area contributed by atoms with Gasteiger partial charge in [0.15, 0.2) is 11.5 Å². The number of likely N-dealkylation sites (tertiary alicyclic amines) is 1. The number of amides is 4. The predicted molar refractivity (Wildman–Crippen MR) is 129 cm³/mol. The Balaban J connectivity index is 1.46. The molecule has 2 aromatic carbocycles. The standard InChI is InChI=1S/C26H28N4O6/c1-35-18-9-7-14(13-19(18)36-2)11-12-30-23(32)21-17(8-10-20(27)31)29-26(22(21)24(30)33)15-5-3-4-6-16(15)28-25(26)34/h3-7,9,13,17,21-22,29H,8,10-12H2,1-2H3,(H2,27,31)(H,28,34)/t17-,21+,22-,26-/m0/s1. The Morgan fingerprint density at radius 3 is 2.53 bits per heavy atom. The monoisotopic (exact) mass is 492 g/mol. The SMILES string of the molecule is COc1ccc(CCN2C(=O)[C@@H]3[C@H](CCC(N)=O)N[C@]4(C(=O)Nc5ccccc54)[C@@H]3C2=O)cc1OC. The Bertz CT molecular complexity index is 1260. The van der Waals surface area contributed by atoms with E-state index in [1.165, 1.54) is 4.90 Å². The molecule has 0 saturated carbocycles. The van der Waals surface area contributed by atoms with Crippen LogP contribution < -0.4 is 25.8 Å². The number of carbonyl (C=O) groups excluding carboxylic acids is 4. The molecule has 2 fully saturated rings. The van der Waals surface area contributed by atoms with Crippen LogP contribution in [0.3, 0.4) is 0 Å². The van der Waals surface area contributed by atoms with Gasteiger partial charge in [-0.05, 0) is 36.6 Å². The molecule has 0 aromatic heterocycles. The van der Waals surface area contributed by atoms with Gasteiger partial charge >= 0.3 is 0 Å². The average Bonchev–Trinajstić information content (AvgIpc) is 3.45. The molecule has 2 aromatic rings. The van der Waals surface area contributed by atoms with Crippen LogP contribution in [0.4, 0.5) is 5.69 Å². The summed E-state index contributed by atoms with van der Waals surface area (Å²) in [6, 6.07) is 12.0. The molecule has 4 amide bonds. The maximum atomic E-state index is 13.8. The van der Waals surface area contributed by atoms with Gasteiger partial charge in [-0.25, -0.2) is 0 Å². The van der Waals surface area contributed by atoms with Crippen molar-refractivity contribution in [3.8, 4) is 11.5 Å². The quantitative estimate of drug-likeness (QED) is 0.466. The lowest BCUT2D eigenvalue weighted by molar-refractivity contribution is -0.142. The second-order valence-corrected chi connectivity index (χ2v) is 9.33. The van der Waals surface area contributed by atoms with Crippen LogP contribution in [0, 0.1) is 11.8 Å². The van der Waals surface area contributed by atoms with Crippen molar-refractivity contribution in [2.24, 2.45) is 17.6 Å². The van der Waals surface area contributed by atoms with Gasteiger partial charge in [0.2, 0.25) is 23.6 Å². The fourth-order valence-corrected chi connectivity index (χ4v) is 5.86. The molecule has 1 spiro atoms. The van der Waals surface area contributed by atoms with Gasteiger partial charge in [-0.2, -0.15) is 0 Å². The fraction of sp³-hybridized carbons (Fsp3) is 0.385. The zero-order valence-electron chi connectivity index (χ0n) is 20.1. The maximum Gasteiger partial charge on any atom is 0.250 e. The number of primary amides is 1. The molecule has 5 rings (SSSR count). The van der Waals surface area contributed by atoms with E-state index in [2.05, 4.69) is 10.6 Å². The van der Waals surface area contributed by atoms with Gasteiger partial charge in [0.25, 0.3) is 0 Å². The summed E-state index contributed by atoms with van der Waals surface area (Å²) < 4.78 is 10.6. The van der Waals surface area contributed by atoms with E-state index in [0.29, 0.717) is 29.2 Å². The number of benzene rings is 2. The molecule has 10 heteroatoms. The van der Waals surface area contributed by atoms with Crippen LogP contribution in [-0.2, 0) is 31.1 Å². The van der Waals surface area contributed by atoms with Gasteiger partial charge in [-0.1, -0.05) is 24.3 Å². The first kappa shape index (κ1) is 23.8. The number of carbonyl (C=O) groups is 4. The second-order valence-electron chi connectivity index (χ2n) is 9.33. The van der Waals surface area contributed by atoms with Crippen LogP contribution in [0.5, 0.6) is 11.5 Å². The van der Waals surface area contributed by atoms with Crippen molar-refractivity contribution in [3.63, 3.8) is 0 Å². The van der Waals surface area contributed by atoms with Crippen LogP contribution in [0.15, 0.2) is 42.5 Å². The number of rotatable bonds is 8. The lowest BCUT2D eigenvalue weighted by Gasteiger charge is -2.29. The number of nitrogens with zero attached hydrogens (tertiary/aromatic N) is 1. The van der Waals surface area contributed by atoms with Gasteiger partial charge in [-0.15, -0.1) is 0 Å². The fourth-order valence-electron chi connectivity index (χ4n) is 5.86. The van der Waals surface area contributed by atoms with Crippen molar-refractivity contribution in [2.45, 2.75) is 30.8 Å². The molecule has 0 bridgehead atoms. The number of fused-ring (bicyclic) bond motifs is 4. The number of ether oxygens (including phenoxy) is 2. The first-order valence-electron chi connectivity index (χ1n) is 11.8. The highest BCUT2D eigenvalue weighted by Crippen LogP contribution is 2.53. The summed E-state index contributed by atoms with van der Waals surface area (Å²) in [7, 11) is 3.09. The molecule has 188 valence electrons. The van der Waals surface area contributed by atoms with Crippen molar-refractivity contribution >= 4 is 29.3 Å². The molecule has 0 unspecified atom stereocenters. The first-order valence-corrected chi connectivity index (χ1v) is 11.8. The highest BCUT2D eigenvalue weighted by atomic mass is 16.5. The Morgan fingerprint density at radius 2 is 1.81 bits per heavy atom. The van der Waals surface area contributed by atoms with Crippen molar-refractivity contribution < 1.29 is 28.7 Å². The van der Waals surface area contributed by atoms with Gasteiger partial charge in [0.05, 0.1) is 26.1 Å².